The number of urea groups is 1. The van der Waals surface area contributed by atoms with Gasteiger partial charge in [-0.05, 0) is 45.2 Å². The Balaban J connectivity index is 1.51. The average molecular weight is 383 g/mol. The van der Waals surface area contributed by atoms with Crippen molar-refractivity contribution < 1.29 is 19.1 Å². The smallest absolute Gasteiger partial charge is 0.340 e. The molecule has 1 aliphatic carbocycles. The van der Waals surface area contributed by atoms with Crippen LogP contribution in [0.2, 0.25) is 0 Å². The van der Waals surface area contributed by atoms with E-state index < -0.39 is 24.0 Å². The second kappa shape index (κ2) is 8.29. The van der Waals surface area contributed by atoms with Crippen LogP contribution >= 0.6 is 0 Å². The number of nitrogens with one attached hydrogen (secondary N) is 2. The van der Waals surface area contributed by atoms with Gasteiger partial charge in [0, 0.05) is 24.0 Å². The van der Waals surface area contributed by atoms with Gasteiger partial charge in [-0.1, -0.05) is 30.3 Å². The normalized spacial score (nSPS) is 14.2. The number of rotatable bonds is 6. The van der Waals surface area contributed by atoms with Crippen LogP contribution in [0.25, 0.3) is 0 Å². The van der Waals surface area contributed by atoms with Gasteiger partial charge >= 0.3 is 12.0 Å². The minimum atomic E-state index is -1.08. The first-order valence-corrected chi connectivity index (χ1v) is 9.39. The van der Waals surface area contributed by atoms with Crippen LogP contribution in [0.15, 0.2) is 36.4 Å². The standard InChI is InChI=1S/C21H25N3O4/c1-13-11-18(14(2)24(13)17-9-10-17)20(26)28-15(3)19(25)23-21(27)22-12-16-7-5-4-6-8-16/h4-8,11,15,17H,9-10,12H2,1-3H3,(H2,22,23,25,27)/t15-/m0/s1. The van der Waals surface area contributed by atoms with E-state index in [4.69, 9.17) is 4.74 Å². The molecule has 1 saturated carbocycles. The number of hydrogen-bond donors (Lipinski definition) is 2. The van der Waals surface area contributed by atoms with Crippen LogP contribution in [-0.2, 0) is 16.1 Å². The summed E-state index contributed by atoms with van der Waals surface area (Å²) in [6.45, 7) is 5.57. The minimum Gasteiger partial charge on any atom is -0.449 e. The lowest BCUT2D eigenvalue weighted by Crippen LogP contribution is -2.44. The average Bonchev–Trinajstić information content (AvgIpc) is 3.45. The number of ether oxygens (including phenoxy) is 1. The van der Waals surface area contributed by atoms with E-state index in [0.29, 0.717) is 18.2 Å². The summed E-state index contributed by atoms with van der Waals surface area (Å²) < 4.78 is 7.40. The summed E-state index contributed by atoms with van der Waals surface area (Å²) in [7, 11) is 0. The van der Waals surface area contributed by atoms with Crippen molar-refractivity contribution in [1.29, 1.82) is 0 Å². The molecule has 148 valence electrons. The first-order valence-electron chi connectivity index (χ1n) is 9.39. The molecule has 1 aromatic heterocycles. The van der Waals surface area contributed by atoms with E-state index >= 15 is 0 Å². The van der Waals surface area contributed by atoms with Crippen LogP contribution in [-0.4, -0.2) is 28.6 Å². The van der Waals surface area contributed by atoms with E-state index in [1.54, 1.807) is 6.07 Å². The summed E-state index contributed by atoms with van der Waals surface area (Å²) in [5.41, 5.74) is 3.22. The van der Waals surface area contributed by atoms with Crippen LogP contribution < -0.4 is 10.6 Å². The molecule has 1 heterocycles. The number of amides is 3. The number of benzene rings is 1. The van der Waals surface area contributed by atoms with Gasteiger partial charge < -0.3 is 14.6 Å². The monoisotopic (exact) mass is 383 g/mol. The predicted octanol–water partition coefficient (Wildman–Crippen LogP) is 3.01. The third-order valence-corrected chi connectivity index (χ3v) is 4.80. The van der Waals surface area contributed by atoms with E-state index in [-0.39, 0.29) is 0 Å². The van der Waals surface area contributed by atoms with Gasteiger partial charge in [-0.3, -0.25) is 10.1 Å². The Hall–Kier alpha value is -3.09. The summed E-state index contributed by atoms with van der Waals surface area (Å²) in [4.78, 5) is 36.5. The second-order valence-electron chi connectivity index (χ2n) is 7.09. The van der Waals surface area contributed by atoms with Crippen molar-refractivity contribution in [3.05, 3.63) is 58.9 Å². The number of imide groups is 1. The van der Waals surface area contributed by atoms with Gasteiger partial charge in [-0.15, -0.1) is 0 Å². The molecule has 28 heavy (non-hydrogen) atoms. The Labute approximate surface area is 164 Å². The number of carbonyl (C=O) groups is 3. The van der Waals surface area contributed by atoms with Crippen molar-refractivity contribution in [2.24, 2.45) is 0 Å². The molecule has 7 nitrogen and oxygen atoms in total. The predicted molar refractivity (Wildman–Crippen MR) is 104 cm³/mol. The Bertz CT molecular complexity index is 885. The molecule has 0 bridgehead atoms. The van der Waals surface area contributed by atoms with Gasteiger partial charge in [0.15, 0.2) is 6.10 Å². The number of nitrogens with zero attached hydrogens (tertiary/aromatic N) is 1. The summed E-state index contributed by atoms with van der Waals surface area (Å²) in [6, 6.07) is 10.9. The summed E-state index contributed by atoms with van der Waals surface area (Å²) in [5, 5.41) is 4.79. The maximum atomic E-state index is 12.5. The van der Waals surface area contributed by atoms with Crippen molar-refractivity contribution >= 4 is 17.9 Å². The third kappa shape index (κ3) is 4.60. The van der Waals surface area contributed by atoms with Crippen molar-refractivity contribution in [2.75, 3.05) is 0 Å². The fraction of sp³-hybridized carbons (Fsp3) is 0.381. The third-order valence-electron chi connectivity index (χ3n) is 4.80. The molecule has 1 fully saturated rings. The zero-order valence-corrected chi connectivity index (χ0v) is 16.3. The fourth-order valence-electron chi connectivity index (χ4n) is 3.19. The van der Waals surface area contributed by atoms with E-state index in [1.165, 1.54) is 6.92 Å². The highest BCUT2D eigenvalue weighted by Gasteiger charge is 2.30. The number of hydrogen-bond acceptors (Lipinski definition) is 4. The number of carbonyl (C=O) groups excluding carboxylic acids is 3. The van der Waals surface area contributed by atoms with Crippen molar-refractivity contribution in [2.45, 2.75) is 52.3 Å². The molecule has 0 unspecified atom stereocenters. The molecule has 0 saturated heterocycles. The first kappa shape index (κ1) is 19.7. The van der Waals surface area contributed by atoms with E-state index in [9.17, 15) is 14.4 Å². The molecular formula is C21H25N3O4. The van der Waals surface area contributed by atoms with Crippen molar-refractivity contribution in [1.82, 2.24) is 15.2 Å². The zero-order chi connectivity index (χ0) is 20.3. The number of esters is 1. The van der Waals surface area contributed by atoms with Crippen molar-refractivity contribution in [3.63, 3.8) is 0 Å². The Morgan fingerprint density at radius 2 is 1.86 bits per heavy atom. The maximum absolute atomic E-state index is 12.5. The van der Waals surface area contributed by atoms with Crippen LogP contribution in [0.5, 0.6) is 0 Å². The molecule has 0 aliphatic heterocycles. The number of aryl methyl sites for hydroxylation is 1. The zero-order valence-electron chi connectivity index (χ0n) is 16.3. The van der Waals surface area contributed by atoms with E-state index in [0.717, 1.165) is 29.8 Å². The molecule has 3 rings (SSSR count). The second-order valence-corrected chi connectivity index (χ2v) is 7.09. The fourth-order valence-corrected chi connectivity index (χ4v) is 3.19. The van der Waals surface area contributed by atoms with E-state index in [1.807, 2.05) is 44.2 Å². The highest BCUT2D eigenvalue weighted by atomic mass is 16.5. The molecule has 3 amide bonds. The SMILES string of the molecule is Cc1cc(C(=O)O[C@@H](C)C(=O)NC(=O)NCc2ccccc2)c(C)n1C1CC1. The maximum Gasteiger partial charge on any atom is 0.340 e. The molecule has 1 aliphatic rings. The van der Waals surface area contributed by atoms with Crippen LogP contribution in [0.3, 0.4) is 0 Å². The van der Waals surface area contributed by atoms with Crippen LogP contribution in [0.1, 0.15) is 53.1 Å². The molecule has 1 atom stereocenters. The van der Waals surface area contributed by atoms with Crippen LogP contribution in [0, 0.1) is 13.8 Å². The molecule has 2 N–H and O–H groups in total. The highest BCUT2D eigenvalue weighted by molar-refractivity contribution is 5.98. The lowest BCUT2D eigenvalue weighted by molar-refractivity contribution is -0.127. The van der Waals surface area contributed by atoms with Gasteiger partial charge in [0.1, 0.15) is 0 Å². The molecule has 7 heteroatoms. The summed E-state index contributed by atoms with van der Waals surface area (Å²) >= 11 is 0. The molecule has 0 spiro atoms. The molecular weight excluding hydrogens is 358 g/mol. The van der Waals surface area contributed by atoms with Gasteiger partial charge in [-0.2, -0.15) is 0 Å². The van der Waals surface area contributed by atoms with Gasteiger partial charge in [0.2, 0.25) is 0 Å². The Morgan fingerprint density at radius 1 is 1.18 bits per heavy atom. The topological polar surface area (TPSA) is 89.4 Å². The van der Waals surface area contributed by atoms with Gasteiger partial charge in [0.25, 0.3) is 5.91 Å². The molecule has 1 aromatic carbocycles. The van der Waals surface area contributed by atoms with E-state index in [2.05, 4.69) is 15.2 Å². The van der Waals surface area contributed by atoms with Gasteiger partial charge in [-0.25, -0.2) is 9.59 Å². The first-order chi connectivity index (χ1) is 13.4. The Morgan fingerprint density at radius 3 is 2.50 bits per heavy atom. The lowest BCUT2D eigenvalue weighted by Gasteiger charge is -2.14. The quantitative estimate of drug-likeness (QED) is 0.751. The molecule has 2 aromatic rings. The summed E-state index contributed by atoms with van der Waals surface area (Å²) in [5.74, 6) is -1.23. The Kier molecular flexibility index (Phi) is 5.82. The highest BCUT2D eigenvalue weighted by Crippen LogP contribution is 2.38. The minimum absolute atomic E-state index is 0.293. The largest absolute Gasteiger partial charge is 0.449 e. The number of aromatic nitrogens is 1. The van der Waals surface area contributed by atoms with Gasteiger partial charge in [0.05, 0.1) is 5.56 Å². The van der Waals surface area contributed by atoms with Crippen molar-refractivity contribution in [3.8, 4) is 0 Å². The van der Waals surface area contributed by atoms with Crippen LogP contribution in [0.4, 0.5) is 4.79 Å². The summed E-state index contributed by atoms with van der Waals surface area (Å²) in [6.07, 6.45) is 1.14. The molecule has 0 radical (unpaired) electrons. The lowest BCUT2D eigenvalue weighted by atomic mass is 10.2.